The Balaban J connectivity index is 2.06. The fourth-order valence-electron chi connectivity index (χ4n) is 3.30. The van der Waals surface area contributed by atoms with Crippen LogP contribution in [0.3, 0.4) is 0 Å². The van der Waals surface area contributed by atoms with Crippen LogP contribution < -0.4 is 5.32 Å². The van der Waals surface area contributed by atoms with Gasteiger partial charge in [0.1, 0.15) is 5.60 Å². The molecule has 1 aliphatic rings. The molecule has 25 heavy (non-hydrogen) atoms. The number of methoxy groups -OCH3 is 1. The number of nitrogens with one attached hydrogen (secondary N) is 1. The third-order valence-electron chi connectivity index (χ3n) is 5.13. The van der Waals surface area contributed by atoms with Gasteiger partial charge in [-0.25, -0.2) is 0 Å². The first kappa shape index (κ1) is 19.4. The van der Waals surface area contributed by atoms with Gasteiger partial charge in [0.2, 0.25) is 0 Å². The molecule has 5 nitrogen and oxygen atoms in total. The highest BCUT2D eigenvalue weighted by atomic mass is 16.5. The van der Waals surface area contributed by atoms with E-state index >= 15 is 0 Å². The molecule has 136 valence electrons. The van der Waals surface area contributed by atoms with E-state index in [9.17, 15) is 4.79 Å². The summed E-state index contributed by atoms with van der Waals surface area (Å²) in [5.74, 6) is 0.807. The highest BCUT2D eigenvalue weighted by Crippen LogP contribution is 2.26. The predicted molar refractivity (Wildman–Crippen MR) is 97.8 cm³/mol. The van der Waals surface area contributed by atoms with Gasteiger partial charge in [0.25, 0.3) is 5.91 Å². The van der Waals surface area contributed by atoms with Gasteiger partial charge in [-0.15, -0.1) is 0 Å². The number of nitrogens with zero attached hydrogens (tertiary/aromatic N) is 2. The number of likely N-dealkylation sites (tertiary alicyclic amines) is 1. The molecule has 1 N–H and O–H groups in total. The lowest BCUT2D eigenvalue weighted by atomic mass is 9.91. The van der Waals surface area contributed by atoms with Crippen molar-refractivity contribution in [3.05, 3.63) is 35.4 Å². The van der Waals surface area contributed by atoms with Crippen LogP contribution in [-0.4, -0.2) is 42.6 Å². The van der Waals surface area contributed by atoms with E-state index in [0.717, 1.165) is 25.2 Å². The molecule has 1 fully saturated rings. The van der Waals surface area contributed by atoms with Crippen molar-refractivity contribution >= 4 is 5.91 Å². The van der Waals surface area contributed by atoms with E-state index in [4.69, 9.17) is 10.00 Å². The van der Waals surface area contributed by atoms with Crippen LogP contribution in [0, 0.1) is 23.2 Å². The highest BCUT2D eigenvalue weighted by molar-refractivity contribution is 5.84. The number of ether oxygens (including phenoxy) is 1. The lowest BCUT2D eigenvalue weighted by molar-refractivity contribution is -0.140. The van der Waals surface area contributed by atoms with Crippen molar-refractivity contribution in [1.29, 1.82) is 5.26 Å². The van der Waals surface area contributed by atoms with Gasteiger partial charge in [0, 0.05) is 32.8 Å². The van der Waals surface area contributed by atoms with Crippen molar-refractivity contribution in [2.75, 3.05) is 20.2 Å². The summed E-state index contributed by atoms with van der Waals surface area (Å²) in [6.07, 6.45) is 0. The minimum absolute atomic E-state index is 0.0704. The maximum absolute atomic E-state index is 12.5. The highest BCUT2D eigenvalue weighted by Gasteiger charge is 2.38. The average Bonchev–Trinajstić information content (AvgIpc) is 2.97. The molecule has 0 spiro atoms. The Morgan fingerprint density at radius 1 is 1.44 bits per heavy atom. The van der Waals surface area contributed by atoms with Crippen LogP contribution in [0.15, 0.2) is 24.3 Å². The lowest BCUT2D eigenvalue weighted by Crippen LogP contribution is -2.51. The molecule has 1 saturated heterocycles. The number of rotatable bonds is 6. The van der Waals surface area contributed by atoms with Crippen LogP contribution in [-0.2, 0) is 16.1 Å². The Labute approximate surface area is 151 Å². The monoisotopic (exact) mass is 343 g/mol. The summed E-state index contributed by atoms with van der Waals surface area (Å²) < 4.78 is 5.30. The summed E-state index contributed by atoms with van der Waals surface area (Å²) in [5.41, 5.74) is 0.991. The number of carbonyl (C=O) groups is 1. The molecule has 5 heteroatoms. The zero-order valence-electron chi connectivity index (χ0n) is 15.9. The topological polar surface area (TPSA) is 65.4 Å². The van der Waals surface area contributed by atoms with Crippen molar-refractivity contribution in [3.8, 4) is 6.07 Å². The predicted octanol–water partition coefficient (Wildman–Crippen LogP) is 2.56. The zero-order chi connectivity index (χ0) is 18.6. The Bertz CT molecular complexity index is 649. The fourth-order valence-corrected chi connectivity index (χ4v) is 3.30. The molecule has 2 atom stereocenters. The van der Waals surface area contributed by atoms with E-state index < -0.39 is 5.60 Å². The van der Waals surface area contributed by atoms with E-state index in [2.05, 4.69) is 30.1 Å². The fraction of sp³-hybridized carbons (Fsp3) is 0.600. The molecular weight excluding hydrogens is 314 g/mol. The Kier molecular flexibility index (Phi) is 6.21. The molecule has 1 amide bonds. The minimum atomic E-state index is -0.823. The second kappa shape index (κ2) is 7.99. The second-order valence-electron chi connectivity index (χ2n) is 7.71. The Morgan fingerprint density at radius 3 is 2.76 bits per heavy atom. The van der Waals surface area contributed by atoms with Gasteiger partial charge in [0.15, 0.2) is 0 Å². The van der Waals surface area contributed by atoms with Crippen LogP contribution in [0.4, 0.5) is 0 Å². The standard InChI is InChI=1S/C20H29N3O2/c1-14(2)17-12-23(11-16-8-6-7-15(9-16)10-21)13-18(17)22-19(24)20(3,4)25-5/h6-9,14,17-18H,11-13H2,1-5H3,(H,22,24)/t17-,18+/m0/s1. The Hall–Kier alpha value is -1.90. The molecule has 0 radical (unpaired) electrons. The first-order valence-corrected chi connectivity index (χ1v) is 8.84. The molecular formula is C20H29N3O2. The summed E-state index contributed by atoms with van der Waals surface area (Å²) in [5, 5.41) is 12.2. The summed E-state index contributed by atoms with van der Waals surface area (Å²) in [6.45, 7) is 10.5. The first-order chi connectivity index (χ1) is 11.8. The van der Waals surface area contributed by atoms with E-state index in [0.29, 0.717) is 17.4 Å². The number of nitriles is 1. The van der Waals surface area contributed by atoms with Crippen LogP contribution >= 0.6 is 0 Å². The molecule has 0 aliphatic carbocycles. The van der Waals surface area contributed by atoms with Crippen molar-refractivity contribution in [1.82, 2.24) is 10.2 Å². The van der Waals surface area contributed by atoms with Gasteiger partial charge < -0.3 is 10.1 Å². The van der Waals surface area contributed by atoms with E-state index in [1.165, 1.54) is 0 Å². The number of benzene rings is 1. The van der Waals surface area contributed by atoms with Crippen LogP contribution in [0.5, 0.6) is 0 Å². The molecule has 1 aliphatic heterocycles. The molecule has 1 heterocycles. The molecule has 2 rings (SSSR count). The maximum Gasteiger partial charge on any atom is 0.251 e. The van der Waals surface area contributed by atoms with Crippen molar-refractivity contribution in [2.45, 2.75) is 45.9 Å². The molecule has 0 aromatic heterocycles. The molecule has 0 saturated carbocycles. The zero-order valence-corrected chi connectivity index (χ0v) is 15.9. The smallest absolute Gasteiger partial charge is 0.251 e. The van der Waals surface area contributed by atoms with E-state index in [-0.39, 0.29) is 11.9 Å². The first-order valence-electron chi connectivity index (χ1n) is 8.84. The number of amides is 1. The molecule has 1 aromatic carbocycles. The summed E-state index contributed by atoms with van der Waals surface area (Å²) in [6, 6.07) is 10.0. The second-order valence-corrected chi connectivity index (χ2v) is 7.71. The van der Waals surface area contributed by atoms with Crippen molar-refractivity contribution in [3.63, 3.8) is 0 Å². The quantitative estimate of drug-likeness (QED) is 0.862. The van der Waals surface area contributed by atoms with Gasteiger partial charge in [0.05, 0.1) is 11.6 Å². The SMILES string of the molecule is COC(C)(C)C(=O)N[C@@H]1CN(Cc2cccc(C#N)c2)C[C@H]1C(C)C. The lowest BCUT2D eigenvalue weighted by Gasteiger charge is -2.28. The largest absolute Gasteiger partial charge is 0.369 e. The Morgan fingerprint density at radius 2 is 2.16 bits per heavy atom. The van der Waals surface area contributed by atoms with Crippen LogP contribution in [0.25, 0.3) is 0 Å². The normalized spacial score (nSPS) is 21.3. The summed E-state index contributed by atoms with van der Waals surface area (Å²) in [4.78, 5) is 14.8. The molecule has 0 bridgehead atoms. The molecule has 0 unspecified atom stereocenters. The average molecular weight is 343 g/mol. The maximum atomic E-state index is 12.5. The van der Waals surface area contributed by atoms with Crippen molar-refractivity contribution in [2.24, 2.45) is 11.8 Å². The van der Waals surface area contributed by atoms with Crippen molar-refractivity contribution < 1.29 is 9.53 Å². The van der Waals surface area contributed by atoms with Gasteiger partial charge in [-0.1, -0.05) is 26.0 Å². The number of carbonyl (C=O) groups excluding carboxylic acids is 1. The molecule has 1 aromatic rings. The van der Waals surface area contributed by atoms with E-state index in [1.807, 2.05) is 24.3 Å². The summed E-state index contributed by atoms with van der Waals surface area (Å²) >= 11 is 0. The minimum Gasteiger partial charge on any atom is -0.369 e. The van der Waals surface area contributed by atoms with Gasteiger partial charge in [-0.3, -0.25) is 9.69 Å². The van der Waals surface area contributed by atoms with Gasteiger partial charge in [-0.2, -0.15) is 5.26 Å². The number of hydrogen-bond donors (Lipinski definition) is 1. The third kappa shape index (κ3) is 4.81. The van der Waals surface area contributed by atoms with Gasteiger partial charge in [-0.05, 0) is 43.4 Å². The summed E-state index contributed by atoms with van der Waals surface area (Å²) in [7, 11) is 1.56. The van der Waals surface area contributed by atoms with Gasteiger partial charge >= 0.3 is 0 Å². The third-order valence-corrected chi connectivity index (χ3v) is 5.13. The van der Waals surface area contributed by atoms with Crippen LogP contribution in [0.1, 0.15) is 38.8 Å². The van der Waals surface area contributed by atoms with Crippen LogP contribution in [0.2, 0.25) is 0 Å². The number of hydrogen-bond acceptors (Lipinski definition) is 4. The van der Waals surface area contributed by atoms with E-state index in [1.54, 1.807) is 21.0 Å².